The number of carbonyl (C=O) groups is 2. The van der Waals surface area contributed by atoms with Crippen molar-refractivity contribution in [2.45, 2.75) is 64.3 Å². The van der Waals surface area contributed by atoms with Gasteiger partial charge in [0.1, 0.15) is 0 Å². The normalized spacial score (nSPS) is 33.0. The van der Waals surface area contributed by atoms with Crippen molar-refractivity contribution >= 4 is 23.2 Å². The zero-order chi connectivity index (χ0) is 18.1. The van der Waals surface area contributed by atoms with E-state index in [1.807, 2.05) is 16.8 Å². The van der Waals surface area contributed by atoms with Gasteiger partial charge in [0.2, 0.25) is 5.91 Å². The SMILES string of the molecule is CC(NC(=O)CCCNC(=O)c1ccsc1)C12CC3CC(CC(C3)C1)C2. The summed E-state index contributed by atoms with van der Waals surface area (Å²) in [6.07, 6.45) is 9.43. The van der Waals surface area contributed by atoms with E-state index in [1.165, 1.54) is 49.9 Å². The Kier molecular flexibility index (Phi) is 5.09. The first kappa shape index (κ1) is 18.0. The fourth-order valence-electron chi connectivity index (χ4n) is 6.12. The molecule has 1 atom stereocenters. The maximum atomic E-state index is 12.4. The lowest BCUT2D eigenvalue weighted by Gasteiger charge is -2.59. The van der Waals surface area contributed by atoms with Gasteiger partial charge in [-0.15, -0.1) is 0 Å². The average molecular weight is 375 g/mol. The molecule has 4 aliphatic carbocycles. The van der Waals surface area contributed by atoms with Crippen LogP contribution in [0.3, 0.4) is 0 Å². The van der Waals surface area contributed by atoms with Crippen LogP contribution in [0.15, 0.2) is 16.8 Å². The number of nitrogens with one attached hydrogen (secondary N) is 2. The molecule has 1 unspecified atom stereocenters. The summed E-state index contributed by atoms with van der Waals surface area (Å²) in [6.45, 7) is 2.78. The summed E-state index contributed by atoms with van der Waals surface area (Å²) in [4.78, 5) is 24.3. The first-order valence-electron chi connectivity index (χ1n) is 10.1. The molecule has 4 aliphatic rings. The Morgan fingerprint density at radius 1 is 1.19 bits per heavy atom. The minimum Gasteiger partial charge on any atom is -0.353 e. The van der Waals surface area contributed by atoms with Crippen LogP contribution >= 0.6 is 11.3 Å². The van der Waals surface area contributed by atoms with Crippen molar-refractivity contribution in [3.8, 4) is 0 Å². The van der Waals surface area contributed by atoms with Crippen molar-refractivity contribution in [3.63, 3.8) is 0 Å². The van der Waals surface area contributed by atoms with Gasteiger partial charge in [0, 0.05) is 30.0 Å². The molecule has 1 aromatic rings. The third kappa shape index (κ3) is 3.68. The van der Waals surface area contributed by atoms with Gasteiger partial charge in [-0.3, -0.25) is 9.59 Å². The Hall–Kier alpha value is -1.36. The standard InChI is InChI=1S/C21H30N2O2S/c1-14(21-10-15-7-16(11-21)9-17(8-15)12-21)23-19(24)3-2-5-22-20(25)18-4-6-26-13-18/h4,6,13-17H,2-3,5,7-12H2,1H3,(H,22,25)(H,23,24). The maximum absolute atomic E-state index is 12.4. The molecule has 1 aromatic heterocycles. The molecule has 5 rings (SSSR count). The van der Waals surface area contributed by atoms with E-state index in [0.29, 0.717) is 30.4 Å². The molecule has 0 aliphatic heterocycles. The Balaban J connectivity index is 1.20. The minimum atomic E-state index is -0.0476. The fourth-order valence-corrected chi connectivity index (χ4v) is 6.76. The van der Waals surface area contributed by atoms with E-state index in [1.54, 1.807) is 0 Å². The van der Waals surface area contributed by atoms with Crippen molar-refractivity contribution in [2.75, 3.05) is 6.54 Å². The molecule has 0 saturated heterocycles. The molecule has 4 bridgehead atoms. The van der Waals surface area contributed by atoms with E-state index in [0.717, 1.165) is 17.8 Å². The molecule has 2 amide bonds. The summed E-state index contributed by atoms with van der Waals surface area (Å²) >= 11 is 1.52. The summed E-state index contributed by atoms with van der Waals surface area (Å²) in [7, 11) is 0. The Labute approximate surface area is 160 Å². The summed E-state index contributed by atoms with van der Waals surface area (Å²) in [5.74, 6) is 2.82. The van der Waals surface area contributed by atoms with Crippen molar-refractivity contribution in [3.05, 3.63) is 22.4 Å². The molecular weight excluding hydrogens is 344 g/mol. The second-order valence-corrected chi connectivity index (χ2v) is 9.72. The largest absolute Gasteiger partial charge is 0.353 e. The first-order chi connectivity index (χ1) is 12.5. The third-order valence-corrected chi connectivity index (χ3v) is 7.71. The van der Waals surface area contributed by atoms with Gasteiger partial charge >= 0.3 is 0 Å². The van der Waals surface area contributed by atoms with Crippen molar-refractivity contribution in [1.29, 1.82) is 0 Å². The van der Waals surface area contributed by atoms with Crippen LogP contribution in [0.1, 0.15) is 68.6 Å². The van der Waals surface area contributed by atoms with Crippen LogP contribution in [0, 0.1) is 23.2 Å². The van der Waals surface area contributed by atoms with Crippen LogP contribution in [0.5, 0.6) is 0 Å². The van der Waals surface area contributed by atoms with Crippen LogP contribution < -0.4 is 10.6 Å². The van der Waals surface area contributed by atoms with Crippen molar-refractivity contribution in [1.82, 2.24) is 10.6 Å². The lowest BCUT2D eigenvalue weighted by Crippen LogP contribution is -2.55. The Morgan fingerprint density at radius 2 is 1.85 bits per heavy atom. The summed E-state index contributed by atoms with van der Waals surface area (Å²) in [5.41, 5.74) is 1.06. The summed E-state index contributed by atoms with van der Waals surface area (Å²) < 4.78 is 0. The lowest BCUT2D eigenvalue weighted by molar-refractivity contribution is -0.126. The van der Waals surface area contributed by atoms with Gasteiger partial charge in [-0.1, -0.05) is 0 Å². The van der Waals surface area contributed by atoms with E-state index >= 15 is 0 Å². The van der Waals surface area contributed by atoms with E-state index in [9.17, 15) is 9.59 Å². The fraction of sp³-hybridized carbons (Fsp3) is 0.714. The van der Waals surface area contributed by atoms with Gasteiger partial charge in [-0.05, 0) is 86.5 Å². The van der Waals surface area contributed by atoms with Gasteiger partial charge in [-0.2, -0.15) is 11.3 Å². The van der Waals surface area contributed by atoms with E-state index in [-0.39, 0.29) is 17.9 Å². The minimum absolute atomic E-state index is 0.0476. The lowest BCUT2D eigenvalue weighted by atomic mass is 9.48. The number of carbonyl (C=O) groups excluding carboxylic acids is 2. The van der Waals surface area contributed by atoms with Gasteiger partial charge in [0.25, 0.3) is 5.91 Å². The molecule has 0 spiro atoms. The van der Waals surface area contributed by atoms with Crippen LogP contribution in [0.2, 0.25) is 0 Å². The second-order valence-electron chi connectivity index (χ2n) is 8.94. The van der Waals surface area contributed by atoms with Crippen molar-refractivity contribution < 1.29 is 9.59 Å². The smallest absolute Gasteiger partial charge is 0.252 e. The molecule has 0 aromatic carbocycles. The van der Waals surface area contributed by atoms with Crippen LogP contribution in [-0.4, -0.2) is 24.4 Å². The maximum Gasteiger partial charge on any atom is 0.252 e. The molecule has 4 fully saturated rings. The second kappa shape index (κ2) is 7.34. The highest BCUT2D eigenvalue weighted by atomic mass is 32.1. The summed E-state index contributed by atoms with van der Waals surface area (Å²) in [5, 5.41) is 9.93. The van der Waals surface area contributed by atoms with Gasteiger partial charge < -0.3 is 10.6 Å². The molecule has 1 heterocycles. The number of rotatable bonds is 7. The predicted octanol–water partition coefficient (Wildman–Crippen LogP) is 3.98. The quantitative estimate of drug-likeness (QED) is 0.709. The van der Waals surface area contributed by atoms with E-state index < -0.39 is 0 Å². The monoisotopic (exact) mass is 374 g/mol. The van der Waals surface area contributed by atoms with Gasteiger partial charge in [0.05, 0.1) is 0 Å². The molecule has 5 heteroatoms. The molecule has 0 radical (unpaired) electrons. The number of hydrogen-bond donors (Lipinski definition) is 2. The van der Waals surface area contributed by atoms with Gasteiger partial charge in [-0.25, -0.2) is 0 Å². The number of hydrogen-bond acceptors (Lipinski definition) is 3. The van der Waals surface area contributed by atoms with Crippen LogP contribution in [0.4, 0.5) is 0 Å². The summed E-state index contributed by atoms with van der Waals surface area (Å²) in [6, 6.07) is 2.10. The molecule has 4 nitrogen and oxygen atoms in total. The zero-order valence-electron chi connectivity index (χ0n) is 15.6. The molecular formula is C21H30N2O2S. The molecule has 26 heavy (non-hydrogen) atoms. The zero-order valence-corrected chi connectivity index (χ0v) is 16.4. The van der Waals surface area contributed by atoms with Crippen molar-refractivity contribution in [2.24, 2.45) is 23.2 Å². The number of amides is 2. The number of thiophene rings is 1. The Bertz CT molecular complexity index is 620. The molecule has 2 N–H and O–H groups in total. The molecule has 4 saturated carbocycles. The van der Waals surface area contributed by atoms with E-state index in [4.69, 9.17) is 0 Å². The predicted molar refractivity (Wildman–Crippen MR) is 104 cm³/mol. The molecule has 142 valence electrons. The topological polar surface area (TPSA) is 58.2 Å². The first-order valence-corrected chi connectivity index (χ1v) is 11.1. The average Bonchev–Trinajstić information content (AvgIpc) is 3.12. The Morgan fingerprint density at radius 3 is 2.42 bits per heavy atom. The highest BCUT2D eigenvalue weighted by molar-refractivity contribution is 7.08. The van der Waals surface area contributed by atoms with Gasteiger partial charge in [0.15, 0.2) is 0 Å². The highest BCUT2D eigenvalue weighted by Crippen LogP contribution is 2.61. The third-order valence-electron chi connectivity index (χ3n) is 7.03. The van der Waals surface area contributed by atoms with E-state index in [2.05, 4.69) is 17.6 Å². The van der Waals surface area contributed by atoms with Crippen LogP contribution in [-0.2, 0) is 4.79 Å². The highest BCUT2D eigenvalue weighted by Gasteiger charge is 2.53. The van der Waals surface area contributed by atoms with Crippen LogP contribution in [0.25, 0.3) is 0 Å².